The van der Waals surface area contributed by atoms with Gasteiger partial charge in [-0.2, -0.15) is 0 Å². The Morgan fingerprint density at radius 1 is 1.59 bits per heavy atom. The first kappa shape index (κ1) is 12.0. The average molecular weight is 234 g/mol. The lowest BCUT2D eigenvalue weighted by atomic mass is 9.90. The van der Waals surface area contributed by atoms with Gasteiger partial charge in [0.25, 0.3) is 5.91 Å². The highest BCUT2D eigenvalue weighted by atomic mass is 16.3. The highest BCUT2D eigenvalue weighted by molar-refractivity contribution is 5.94. The number of carbonyl (C=O) groups is 1. The number of aliphatic hydroxyl groups excluding tert-OH is 1. The molecule has 1 N–H and O–H groups in total. The third kappa shape index (κ3) is 2.31. The van der Waals surface area contributed by atoms with E-state index in [0.717, 1.165) is 5.69 Å². The first-order valence-electron chi connectivity index (χ1n) is 5.80. The molecule has 17 heavy (non-hydrogen) atoms. The fourth-order valence-corrected chi connectivity index (χ4v) is 2.13. The smallest absolute Gasteiger partial charge is 0.254 e. The Hall–Kier alpha value is -1.42. The summed E-state index contributed by atoms with van der Waals surface area (Å²) in [6, 6.07) is 3.49. The Bertz CT molecular complexity index is 443. The molecular weight excluding hydrogens is 216 g/mol. The summed E-state index contributed by atoms with van der Waals surface area (Å²) in [6.45, 7) is 6.81. The van der Waals surface area contributed by atoms with Crippen molar-refractivity contribution < 1.29 is 9.90 Å². The minimum absolute atomic E-state index is 0.0277. The highest BCUT2D eigenvalue weighted by Crippen LogP contribution is 2.30. The molecule has 0 saturated carbocycles. The maximum absolute atomic E-state index is 12.2. The van der Waals surface area contributed by atoms with Gasteiger partial charge in [0.1, 0.15) is 0 Å². The fraction of sp³-hybridized carbons (Fsp3) is 0.538. The van der Waals surface area contributed by atoms with E-state index >= 15 is 0 Å². The molecule has 0 aromatic carbocycles. The van der Waals surface area contributed by atoms with Gasteiger partial charge in [0.15, 0.2) is 0 Å². The second kappa shape index (κ2) is 4.11. The number of hydrogen-bond acceptors (Lipinski definition) is 3. The molecule has 1 aliphatic heterocycles. The number of likely N-dealkylation sites (tertiary alicyclic amines) is 1. The van der Waals surface area contributed by atoms with E-state index in [1.807, 2.05) is 20.8 Å². The molecule has 0 aliphatic carbocycles. The first-order chi connectivity index (χ1) is 7.90. The van der Waals surface area contributed by atoms with Crippen LogP contribution in [0.25, 0.3) is 0 Å². The summed E-state index contributed by atoms with van der Waals surface area (Å²) in [5.74, 6) is -0.0277. The van der Waals surface area contributed by atoms with Gasteiger partial charge >= 0.3 is 0 Å². The van der Waals surface area contributed by atoms with E-state index in [4.69, 9.17) is 0 Å². The van der Waals surface area contributed by atoms with E-state index in [1.165, 1.54) is 0 Å². The second-order valence-corrected chi connectivity index (χ2v) is 5.38. The summed E-state index contributed by atoms with van der Waals surface area (Å²) in [5, 5.41) is 9.87. The fourth-order valence-electron chi connectivity index (χ4n) is 2.13. The quantitative estimate of drug-likeness (QED) is 0.795. The van der Waals surface area contributed by atoms with Crippen LogP contribution in [0.3, 0.4) is 0 Å². The van der Waals surface area contributed by atoms with Crippen molar-refractivity contribution in [2.24, 2.45) is 5.41 Å². The Morgan fingerprint density at radius 3 is 2.82 bits per heavy atom. The number of aromatic nitrogens is 1. The monoisotopic (exact) mass is 234 g/mol. The standard InChI is InChI=1S/C13H18N2O2/c1-9-6-10(4-5-14-9)12(17)15-7-11(16)13(2,3)8-15/h4-6,11,16H,7-8H2,1-3H3. The molecule has 1 aromatic heterocycles. The molecule has 1 atom stereocenters. The third-order valence-corrected chi connectivity index (χ3v) is 3.32. The van der Waals surface area contributed by atoms with E-state index in [0.29, 0.717) is 18.7 Å². The van der Waals surface area contributed by atoms with Crippen LogP contribution in [-0.2, 0) is 0 Å². The van der Waals surface area contributed by atoms with E-state index in [9.17, 15) is 9.90 Å². The summed E-state index contributed by atoms with van der Waals surface area (Å²) >= 11 is 0. The summed E-state index contributed by atoms with van der Waals surface area (Å²) in [7, 11) is 0. The average Bonchev–Trinajstić information content (AvgIpc) is 2.52. The lowest BCUT2D eigenvalue weighted by Gasteiger charge is -2.21. The van der Waals surface area contributed by atoms with E-state index in [1.54, 1.807) is 23.2 Å². The first-order valence-corrected chi connectivity index (χ1v) is 5.80. The summed E-state index contributed by atoms with van der Waals surface area (Å²) in [5.41, 5.74) is 1.25. The largest absolute Gasteiger partial charge is 0.391 e. The molecule has 0 spiro atoms. The van der Waals surface area contributed by atoms with E-state index in [2.05, 4.69) is 4.98 Å². The van der Waals surface area contributed by atoms with Crippen molar-refractivity contribution in [2.45, 2.75) is 26.9 Å². The van der Waals surface area contributed by atoms with Crippen LogP contribution in [0, 0.1) is 12.3 Å². The van der Waals surface area contributed by atoms with Gasteiger partial charge < -0.3 is 10.0 Å². The molecule has 0 radical (unpaired) electrons. The van der Waals surface area contributed by atoms with Crippen LogP contribution in [-0.4, -0.2) is 40.1 Å². The SMILES string of the molecule is Cc1cc(C(=O)N2CC(O)C(C)(C)C2)ccn1. The molecule has 1 unspecified atom stereocenters. The lowest BCUT2D eigenvalue weighted by Crippen LogP contribution is -2.30. The van der Waals surface area contributed by atoms with Crippen molar-refractivity contribution in [3.8, 4) is 0 Å². The Kier molecular flexibility index (Phi) is 2.91. The number of rotatable bonds is 1. The second-order valence-electron chi connectivity index (χ2n) is 5.38. The van der Waals surface area contributed by atoms with Crippen LogP contribution < -0.4 is 0 Å². The molecule has 2 rings (SSSR count). The lowest BCUT2D eigenvalue weighted by molar-refractivity contribution is 0.0762. The van der Waals surface area contributed by atoms with Gasteiger partial charge in [0.05, 0.1) is 6.10 Å². The van der Waals surface area contributed by atoms with Gasteiger partial charge in [-0.1, -0.05) is 13.8 Å². The minimum atomic E-state index is -0.450. The van der Waals surface area contributed by atoms with Gasteiger partial charge in [0, 0.05) is 36.0 Å². The third-order valence-electron chi connectivity index (χ3n) is 3.32. The number of hydrogen-bond donors (Lipinski definition) is 1. The Labute approximate surface area is 101 Å². The van der Waals surface area contributed by atoms with Crippen LogP contribution >= 0.6 is 0 Å². The Balaban J connectivity index is 2.18. The summed E-state index contributed by atoms with van der Waals surface area (Å²) in [4.78, 5) is 18.0. The predicted octanol–water partition coefficient (Wildman–Crippen LogP) is 1.23. The Morgan fingerprint density at radius 2 is 2.29 bits per heavy atom. The van der Waals surface area contributed by atoms with Gasteiger partial charge in [-0.25, -0.2) is 0 Å². The molecule has 4 nitrogen and oxygen atoms in total. The zero-order valence-corrected chi connectivity index (χ0v) is 10.5. The van der Waals surface area contributed by atoms with Crippen LogP contribution in [0.4, 0.5) is 0 Å². The maximum Gasteiger partial charge on any atom is 0.254 e. The maximum atomic E-state index is 12.2. The number of carbonyl (C=O) groups excluding carboxylic acids is 1. The van der Waals surface area contributed by atoms with Gasteiger partial charge in [-0.15, -0.1) is 0 Å². The zero-order valence-electron chi connectivity index (χ0n) is 10.5. The van der Waals surface area contributed by atoms with Crippen LogP contribution in [0.2, 0.25) is 0 Å². The molecule has 1 saturated heterocycles. The normalized spacial score (nSPS) is 22.8. The van der Waals surface area contributed by atoms with Crippen molar-refractivity contribution in [1.29, 1.82) is 0 Å². The van der Waals surface area contributed by atoms with Crippen molar-refractivity contribution in [2.75, 3.05) is 13.1 Å². The molecule has 1 amide bonds. The van der Waals surface area contributed by atoms with Crippen molar-refractivity contribution in [3.63, 3.8) is 0 Å². The summed E-state index contributed by atoms with van der Waals surface area (Å²) < 4.78 is 0. The minimum Gasteiger partial charge on any atom is -0.391 e. The van der Waals surface area contributed by atoms with E-state index < -0.39 is 6.10 Å². The molecule has 4 heteroatoms. The number of amides is 1. The molecular formula is C13H18N2O2. The van der Waals surface area contributed by atoms with Crippen molar-refractivity contribution in [3.05, 3.63) is 29.6 Å². The molecule has 2 heterocycles. The van der Waals surface area contributed by atoms with Crippen molar-refractivity contribution in [1.82, 2.24) is 9.88 Å². The molecule has 1 aromatic rings. The van der Waals surface area contributed by atoms with E-state index in [-0.39, 0.29) is 11.3 Å². The highest BCUT2D eigenvalue weighted by Gasteiger charge is 2.40. The van der Waals surface area contributed by atoms with Crippen molar-refractivity contribution >= 4 is 5.91 Å². The molecule has 1 fully saturated rings. The predicted molar refractivity (Wildman–Crippen MR) is 64.7 cm³/mol. The number of aryl methyl sites for hydroxylation is 1. The summed E-state index contributed by atoms with van der Waals surface area (Å²) in [6.07, 6.45) is 1.19. The zero-order chi connectivity index (χ0) is 12.6. The van der Waals surface area contributed by atoms with Gasteiger partial charge in [-0.05, 0) is 19.1 Å². The topological polar surface area (TPSA) is 53.4 Å². The van der Waals surface area contributed by atoms with Crippen LogP contribution in [0.1, 0.15) is 29.9 Å². The molecule has 1 aliphatic rings. The van der Waals surface area contributed by atoms with Crippen LogP contribution in [0.15, 0.2) is 18.3 Å². The molecule has 92 valence electrons. The van der Waals surface area contributed by atoms with Crippen LogP contribution in [0.5, 0.6) is 0 Å². The number of pyridine rings is 1. The van der Waals surface area contributed by atoms with Gasteiger partial charge in [0.2, 0.25) is 0 Å². The number of aliphatic hydroxyl groups is 1. The number of β-amino-alcohol motifs (C(OH)–C–C–N with tert-alkyl or cyclic N) is 1. The van der Waals surface area contributed by atoms with Gasteiger partial charge in [-0.3, -0.25) is 9.78 Å². The number of nitrogens with zero attached hydrogens (tertiary/aromatic N) is 2. The molecule has 0 bridgehead atoms.